The maximum absolute atomic E-state index is 5.84. The first kappa shape index (κ1) is 11.1. The first-order valence-electron chi connectivity index (χ1n) is 5.23. The van der Waals surface area contributed by atoms with Crippen LogP contribution < -0.4 is 5.32 Å². The molecular weight excluding hydrogens is 224 g/mol. The van der Waals surface area contributed by atoms with Gasteiger partial charge in [-0.3, -0.25) is 0 Å². The third kappa shape index (κ3) is 2.79. The van der Waals surface area contributed by atoms with Crippen LogP contribution in [-0.2, 0) is 0 Å². The highest BCUT2D eigenvalue weighted by atomic mass is 35.5. The molecule has 4 nitrogen and oxygen atoms in total. The van der Waals surface area contributed by atoms with Gasteiger partial charge in [-0.25, -0.2) is 4.98 Å². The van der Waals surface area contributed by atoms with Crippen molar-refractivity contribution in [3.63, 3.8) is 0 Å². The fourth-order valence-electron chi connectivity index (χ4n) is 1.34. The molecule has 0 fully saturated rings. The molecule has 0 aliphatic carbocycles. The average Bonchev–Trinajstić information content (AvgIpc) is 2.28. The summed E-state index contributed by atoms with van der Waals surface area (Å²) >= 11 is 5.84. The Morgan fingerprint density at radius 1 is 1.25 bits per heavy atom. The number of rotatable bonds is 4. The molecule has 1 N–H and O–H groups in total. The van der Waals surface area contributed by atoms with Crippen molar-refractivity contribution < 1.29 is 0 Å². The summed E-state index contributed by atoms with van der Waals surface area (Å²) in [6.45, 7) is 2.72. The van der Waals surface area contributed by atoms with Crippen LogP contribution in [0.15, 0.2) is 24.3 Å². The first-order valence-corrected chi connectivity index (χ1v) is 5.67. The third-order valence-corrected chi connectivity index (χ3v) is 2.40. The Hall–Kier alpha value is -1.42. The molecule has 0 saturated heterocycles. The minimum absolute atomic E-state index is 0.154. The molecule has 0 amide bonds. The molecule has 1 atom stereocenters. The lowest BCUT2D eigenvalue weighted by atomic mass is 10.3. The number of halogens is 1. The fraction of sp³-hybridized carbons (Fsp3) is 0.364. The normalized spacial score (nSPS) is 12.6. The number of anilines is 1. The molecule has 0 aliphatic rings. The monoisotopic (exact) mass is 236 g/mol. The molecule has 0 radical (unpaired) electrons. The zero-order valence-corrected chi connectivity index (χ0v) is 9.78. The Balaban J connectivity index is 2.08. The van der Waals surface area contributed by atoms with Gasteiger partial charge in [0.1, 0.15) is 5.52 Å². The van der Waals surface area contributed by atoms with Crippen LogP contribution in [0.25, 0.3) is 11.0 Å². The topological polar surface area (TPSA) is 50.7 Å². The number of fused-ring (bicyclic) bond motifs is 1. The summed E-state index contributed by atoms with van der Waals surface area (Å²) in [4.78, 5) is 4.34. The molecule has 0 aliphatic heterocycles. The summed E-state index contributed by atoms with van der Waals surface area (Å²) in [5.41, 5.74) is 1.65. The second kappa shape index (κ2) is 5.07. The van der Waals surface area contributed by atoms with Gasteiger partial charge < -0.3 is 5.32 Å². The molecule has 0 bridgehead atoms. The maximum atomic E-state index is 5.84. The number of hydrogen-bond donors (Lipinski definition) is 1. The van der Waals surface area contributed by atoms with Gasteiger partial charge >= 0.3 is 0 Å². The standard InChI is InChI=1S/C11H13ClN4/c1-8(12)6-7-13-11-14-9-4-2-3-5-10(9)15-16-11/h2-5,8H,6-7H2,1H3,(H,13,14,16). The lowest BCUT2D eigenvalue weighted by Crippen LogP contribution is -2.09. The highest BCUT2D eigenvalue weighted by molar-refractivity contribution is 6.20. The molecule has 0 spiro atoms. The summed E-state index contributed by atoms with van der Waals surface area (Å²) in [5, 5.41) is 11.3. The zero-order valence-electron chi connectivity index (χ0n) is 9.02. The van der Waals surface area contributed by atoms with Crippen LogP contribution in [0.3, 0.4) is 0 Å². The molecule has 16 heavy (non-hydrogen) atoms. The van der Waals surface area contributed by atoms with E-state index in [1.54, 1.807) is 0 Å². The maximum Gasteiger partial charge on any atom is 0.243 e. The van der Waals surface area contributed by atoms with E-state index in [0.717, 1.165) is 24.0 Å². The van der Waals surface area contributed by atoms with E-state index in [-0.39, 0.29) is 5.38 Å². The molecule has 1 aromatic carbocycles. The van der Waals surface area contributed by atoms with Crippen LogP contribution in [0.4, 0.5) is 5.95 Å². The van der Waals surface area contributed by atoms with Crippen molar-refractivity contribution in [2.24, 2.45) is 0 Å². The largest absolute Gasteiger partial charge is 0.353 e. The number of para-hydroxylation sites is 1. The summed E-state index contributed by atoms with van der Waals surface area (Å²) in [7, 11) is 0. The quantitative estimate of drug-likeness (QED) is 0.829. The Bertz CT molecular complexity index is 472. The van der Waals surface area contributed by atoms with Gasteiger partial charge in [-0.15, -0.1) is 21.8 Å². The van der Waals surface area contributed by atoms with E-state index in [1.165, 1.54) is 0 Å². The van der Waals surface area contributed by atoms with Gasteiger partial charge in [0.05, 0.1) is 5.52 Å². The van der Waals surface area contributed by atoms with Crippen molar-refractivity contribution in [2.45, 2.75) is 18.7 Å². The number of hydrogen-bond acceptors (Lipinski definition) is 4. The van der Waals surface area contributed by atoms with E-state index in [2.05, 4.69) is 20.5 Å². The molecule has 1 unspecified atom stereocenters. The molecule has 5 heteroatoms. The number of nitrogens with one attached hydrogen (secondary N) is 1. The van der Waals surface area contributed by atoms with Gasteiger partial charge in [0, 0.05) is 11.9 Å². The van der Waals surface area contributed by atoms with Gasteiger partial charge in [-0.05, 0) is 25.5 Å². The molecule has 2 rings (SSSR count). The second-order valence-corrected chi connectivity index (χ2v) is 4.37. The van der Waals surface area contributed by atoms with Crippen molar-refractivity contribution >= 4 is 28.6 Å². The van der Waals surface area contributed by atoms with Gasteiger partial charge in [-0.2, -0.15) is 0 Å². The van der Waals surface area contributed by atoms with E-state index in [1.807, 2.05) is 31.2 Å². The number of nitrogens with zero attached hydrogens (tertiary/aromatic N) is 3. The summed E-state index contributed by atoms with van der Waals surface area (Å²) in [6.07, 6.45) is 0.873. The van der Waals surface area contributed by atoms with E-state index in [4.69, 9.17) is 11.6 Å². The van der Waals surface area contributed by atoms with Gasteiger partial charge in [0.2, 0.25) is 5.95 Å². The summed E-state index contributed by atoms with van der Waals surface area (Å²) in [6, 6.07) is 7.65. The van der Waals surface area contributed by atoms with Crippen LogP contribution in [-0.4, -0.2) is 27.1 Å². The summed E-state index contributed by atoms with van der Waals surface area (Å²) in [5.74, 6) is 0.552. The minimum Gasteiger partial charge on any atom is -0.353 e. The third-order valence-electron chi connectivity index (χ3n) is 2.19. The molecule has 84 valence electrons. The lowest BCUT2D eigenvalue weighted by molar-refractivity contribution is 0.830. The van der Waals surface area contributed by atoms with Crippen molar-refractivity contribution in [2.75, 3.05) is 11.9 Å². The van der Waals surface area contributed by atoms with E-state index >= 15 is 0 Å². The van der Waals surface area contributed by atoms with Crippen LogP contribution in [0, 0.1) is 0 Å². The van der Waals surface area contributed by atoms with Crippen LogP contribution in [0.5, 0.6) is 0 Å². The van der Waals surface area contributed by atoms with Crippen LogP contribution in [0.2, 0.25) is 0 Å². The predicted molar refractivity (Wildman–Crippen MR) is 65.8 cm³/mol. The van der Waals surface area contributed by atoms with Gasteiger partial charge in [-0.1, -0.05) is 12.1 Å². The first-order chi connectivity index (χ1) is 7.75. The van der Waals surface area contributed by atoms with Crippen LogP contribution in [0.1, 0.15) is 13.3 Å². The highest BCUT2D eigenvalue weighted by Gasteiger charge is 2.01. The van der Waals surface area contributed by atoms with Crippen molar-refractivity contribution in [1.82, 2.24) is 15.2 Å². The molecular formula is C11H13ClN4. The smallest absolute Gasteiger partial charge is 0.243 e. The van der Waals surface area contributed by atoms with Crippen molar-refractivity contribution in [1.29, 1.82) is 0 Å². The van der Waals surface area contributed by atoms with Crippen LogP contribution >= 0.6 is 11.6 Å². The Kier molecular flexibility index (Phi) is 3.51. The number of benzene rings is 1. The zero-order chi connectivity index (χ0) is 11.4. The Morgan fingerprint density at radius 2 is 2.00 bits per heavy atom. The van der Waals surface area contributed by atoms with Crippen molar-refractivity contribution in [3.8, 4) is 0 Å². The average molecular weight is 237 g/mol. The molecule has 2 aromatic rings. The van der Waals surface area contributed by atoms with Gasteiger partial charge in [0.25, 0.3) is 0 Å². The van der Waals surface area contributed by atoms with E-state index in [0.29, 0.717) is 5.95 Å². The predicted octanol–water partition coefficient (Wildman–Crippen LogP) is 2.45. The SMILES string of the molecule is CC(Cl)CCNc1nnc2ccccc2n1. The second-order valence-electron chi connectivity index (χ2n) is 3.62. The molecule has 0 saturated carbocycles. The lowest BCUT2D eigenvalue weighted by Gasteiger charge is -2.05. The number of alkyl halides is 1. The van der Waals surface area contributed by atoms with Gasteiger partial charge in [0.15, 0.2) is 0 Å². The van der Waals surface area contributed by atoms with E-state index < -0.39 is 0 Å². The Labute approximate surface area is 99.1 Å². The highest BCUT2D eigenvalue weighted by Crippen LogP contribution is 2.09. The Morgan fingerprint density at radius 3 is 2.75 bits per heavy atom. The molecule has 1 aromatic heterocycles. The molecule has 1 heterocycles. The summed E-state index contributed by atoms with van der Waals surface area (Å²) < 4.78 is 0. The minimum atomic E-state index is 0.154. The number of aromatic nitrogens is 3. The van der Waals surface area contributed by atoms with Crippen molar-refractivity contribution in [3.05, 3.63) is 24.3 Å². The van der Waals surface area contributed by atoms with E-state index in [9.17, 15) is 0 Å². The fourth-order valence-corrected chi connectivity index (χ4v) is 1.45.